The van der Waals surface area contributed by atoms with Crippen molar-refractivity contribution in [2.45, 2.75) is 31.0 Å². The fraction of sp³-hybridized carbons (Fsp3) is 0.545. The van der Waals surface area contributed by atoms with Crippen LogP contribution in [0.2, 0.25) is 0 Å². The van der Waals surface area contributed by atoms with Crippen LogP contribution in [0.4, 0.5) is 0 Å². The molecule has 4 atom stereocenters. The van der Waals surface area contributed by atoms with E-state index in [2.05, 4.69) is 0 Å². The van der Waals surface area contributed by atoms with Crippen LogP contribution in [-0.4, -0.2) is 62.4 Å². The smallest absolute Gasteiger partial charge is 0.333 e. The zero-order valence-electron chi connectivity index (χ0n) is 9.51. The first-order valence-corrected chi connectivity index (χ1v) is 5.55. The zero-order valence-corrected chi connectivity index (χ0v) is 9.51. The van der Waals surface area contributed by atoms with Crippen molar-refractivity contribution >= 4 is 5.97 Å². The fourth-order valence-electron chi connectivity index (χ4n) is 2.00. The Bertz CT molecular complexity index is 393. The molecular weight excluding hydrogens is 242 g/mol. The third-order valence-electron chi connectivity index (χ3n) is 3.01. The third kappa shape index (κ3) is 2.25. The molecule has 2 aliphatic rings. The van der Waals surface area contributed by atoms with E-state index in [0.29, 0.717) is 6.42 Å². The lowest BCUT2D eigenvalue weighted by atomic mass is 10.1. The summed E-state index contributed by atoms with van der Waals surface area (Å²) in [5.74, 6) is -1.05. The van der Waals surface area contributed by atoms with Gasteiger partial charge < -0.3 is 30.1 Å². The third-order valence-corrected chi connectivity index (χ3v) is 3.01. The molecule has 2 heterocycles. The quantitative estimate of drug-likeness (QED) is 0.493. The van der Waals surface area contributed by atoms with E-state index in [1.54, 1.807) is 12.3 Å². The minimum atomic E-state index is -1.21. The van der Waals surface area contributed by atoms with Crippen LogP contribution in [0.15, 0.2) is 24.0 Å². The molecule has 18 heavy (non-hydrogen) atoms. The number of nitrogens with zero attached hydrogens (tertiary/aromatic N) is 1. The molecule has 0 aliphatic carbocycles. The van der Waals surface area contributed by atoms with Crippen molar-refractivity contribution in [1.29, 1.82) is 0 Å². The average molecular weight is 257 g/mol. The topological polar surface area (TPSA) is 110 Å². The highest BCUT2D eigenvalue weighted by molar-refractivity contribution is 5.87. The van der Waals surface area contributed by atoms with Crippen LogP contribution in [0.5, 0.6) is 0 Å². The molecule has 0 saturated carbocycles. The number of carbonyl (C=O) groups is 1. The molecule has 100 valence electrons. The summed E-state index contributed by atoms with van der Waals surface area (Å²) in [5, 5.41) is 37.3. The summed E-state index contributed by atoms with van der Waals surface area (Å²) >= 11 is 0. The molecule has 4 N–H and O–H groups in total. The van der Waals surface area contributed by atoms with Crippen LogP contribution in [0.25, 0.3) is 0 Å². The first kappa shape index (κ1) is 13.0. The molecule has 2 aliphatic heterocycles. The summed E-state index contributed by atoms with van der Waals surface area (Å²) in [5.41, 5.74) is 0.162. The molecule has 7 heteroatoms. The SMILES string of the molecule is O=C(O)C1=CN([C@@H]2O[C@H](CO)[C@@H](O)[C@H]2O)C=CC1. The van der Waals surface area contributed by atoms with Gasteiger partial charge in [-0.3, -0.25) is 0 Å². The predicted octanol–water partition coefficient (Wildman–Crippen LogP) is -1.39. The first-order valence-electron chi connectivity index (χ1n) is 5.55. The van der Waals surface area contributed by atoms with Crippen LogP contribution < -0.4 is 0 Å². The molecule has 0 aromatic rings. The molecule has 2 rings (SSSR count). The van der Waals surface area contributed by atoms with Gasteiger partial charge in [0.1, 0.15) is 18.3 Å². The van der Waals surface area contributed by atoms with Crippen molar-refractivity contribution in [3.63, 3.8) is 0 Å². The number of carboxylic acids is 1. The van der Waals surface area contributed by atoms with E-state index in [0.717, 1.165) is 0 Å². The van der Waals surface area contributed by atoms with Gasteiger partial charge >= 0.3 is 5.97 Å². The summed E-state index contributed by atoms with van der Waals surface area (Å²) < 4.78 is 5.29. The van der Waals surface area contributed by atoms with Crippen LogP contribution in [0, 0.1) is 0 Å². The van der Waals surface area contributed by atoms with E-state index in [1.165, 1.54) is 11.1 Å². The lowest BCUT2D eigenvalue weighted by Gasteiger charge is -2.28. The molecule has 0 spiro atoms. The van der Waals surface area contributed by atoms with Crippen LogP contribution in [0.1, 0.15) is 6.42 Å². The molecule has 1 fully saturated rings. The normalized spacial score (nSPS) is 35.7. The fourth-order valence-corrected chi connectivity index (χ4v) is 2.00. The van der Waals surface area contributed by atoms with Crippen LogP contribution in [-0.2, 0) is 9.53 Å². The number of rotatable bonds is 3. The van der Waals surface area contributed by atoms with E-state index in [1.807, 2.05) is 0 Å². The number of aliphatic carboxylic acids is 1. The van der Waals surface area contributed by atoms with Gasteiger partial charge in [-0.2, -0.15) is 0 Å². The molecule has 0 unspecified atom stereocenters. The Morgan fingerprint density at radius 3 is 2.72 bits per heavy atom. The monoisotopic (exact) mass is 257 g/mol. The Hall–Kier alpha value is -1.41. The van der Waals surface area contributed by atoms with E-state index in [4.69, 9.17) is 14.9 Å². The zero-order chi connectivity index (χ0) is 13.3. The molecule has 0 amide bonds. The number of hydrogen-bond acceptors (Lipinski definition) is 6. The number of allylic oxidation sites excluding steroid dienone is 1. The van der Waals surface area contributed by atoms with Gasteiger partial charge in [0.25, 0.3) is 0 Å². The van der Waals surface area contributed by atoms with Crippen molar-refractivity contribution in [3.05, 3.63) is 24.0 Å². The van der Waals surface area contributed by atoms with Gasteiger partial charge in [0, 0.05) is 18.8 Å². The van der Waals surface area contributed by atoms with Crippen molar-refractivity contribution in [2.75, 3.05) is 6.61 Å². The minimum absolute atomic E-state index is 0.162. The van der Waals surface area contributed by atoms with Gasteiger partial charge in [-0.05, 0) is 0 Å². The average Bonchev–Trinajstić information content (AvgIpc) is 2.66. The maximum absolute atomic E-state index is 10.9. The second-order valence-corrected chi connectivity index (χ2v) is 4.22. The summed E-state index contributed by atoms with van der Waals surface area (Å²) in [4.78, 5) is 12.2. The Balaban J connectivity index is 2.15. The molecule has 0 radical (unpaired) electrons. The van der Waals surface area contributed by atoms with Gasteiger partial charge in [-0.15, -0.1) is 0 Å². The Morgan fingerprint density at radius 1 is 1.44 bits per heavy atom. The predicted molar refractivity (Wildman–Crippen MR) is 59.1 cm³/mol. The Labute approximate surface area is 103 Å². The number of aliphatic hydroxyl groups is 3. The number of carboxylic acid groups (broad SMARTS) is 1. The van der Waals surface area contributed by atoms with Crippen LogP contribution in [0.3, 0.4) is 0 Å². The highest BCUT2D eigenvalue weighted by Gasteiger charge is 2.44. The van der Waals surface area contributed by atoms with E-state index >= 15 is 0 Å². The molecule has 7 nitrogen and oxygen atoms in total. The number of ether oxygens (including phenoxy) is 1. The van der Waals surface area contributed by atoms with Gasteiger partial charge in [0.05, 0.1) is 12.2 Å². The minimum Gasteiger partial charge on any atom is -0.478 e. The summed E-state index contributed by atoms with van der Waals surface area (Å²) in [6, 6.07) is 0. The molecule has 1 saturated heterocycles. The van der Waals surface area contributed by atoms with Crippen molar-refractivity contribution in [2.24, 2.45) is 0 Å². The summed E-state index contributed by atoms with van der Waals surface area (Å²) in [7, 11) is 0. The first-order chi connectivity index (χ1) is 8.54. The maximum atomic E-state index is 10.9. The van der Waals surface area contributed by atoms with Crippen molar-refractivity contribution in [1.82, 2.24) is 4.90 Å². The largest absolute Gasteiger partial charge is 0.478 e. The van der Waals surface area contributed by atoms with E-state index in [9.17, 15) is 15.0 Å². The molecular formula is C11H15NO6. The Kier molecular flexibility index (Phi) is 3.67. The lowest BCUT2D eigenvalue weighted by molar-refractivity contribution is -0.133. The second-order valence-electron chi connectivity index (χ2n) is 4.22. The summed E-state index contributed by atoms with van der Waals surface area (Å²) in [6.45, 7) is -0.415. The van der Waals surface area contributed by atoms with Gasteiger partial charge in [0.15, 0.2) is 6.23 Å². The lowest BCUT2D eigenvalue weighted by Crippen LogP contribution is -2.40. The number of hydrogen-bond donors (Lipinski definition) is 4. The Morgan fingerprint density at radius 2 is 2.17 bits per heavy atom. The second kappa shape index (κ2) is 5.07. The number of aliphatic hydroxyl groups excluding tert-OH is 3. The summed E-state index contributed by atoms with van der Waals surface area (Å²) in [6.07, 6.45) is 0.659. The van der Waals surface area contributed by atoms with E-state index < -0.39 is 37.1 Å². The highest BCUT2D eigenvalue weighted by Crippen LogP contribution is 2.26. The highest BCUT2D eigenvalue weighted by atomic mass is 16.6. The maximum Gasteiger partial charge on any atom is 0.333 e. The molecule has 0 bridgehead atoms. The van der Waals surface area contributed by atoms with Gasteiger partial charge in [-0.1, -0.05) is 6.08 Å². The van der Waals surface area contributed by atoms with Gasteiger partial charge in [-0.25, -0.2) is 4.79 Å². The van der Waals surface area contributed by atoms with E-state index in [-0.39, 0.29) is 5.57 Å². The van der Waals surface area contributed by atoms with Crippen molar-refractivity contribution < 1.29 is 30.0 Å². The standard InChI is InChI=1S/C11H15NO6/c13-5-7-8(14)9(15)10(18-7)12-3-1-2-6(4-12)11(16)17/h1,3-4,7-10,13-15H,2,5H2,(H,16,17)/t7-,8-,9-,10-/m1/s1. The van der Waals surface area contributed by atoms with Crippen molar-refractivity contribution in [3.8, 4) is 0 Å². The van der Waals surface area contributed by atoms with Crippen LogP contribution >= 0.6 is 0 Å². The van der Waals surface area contributed by atoms with Gasteiger partial charge in [0.2, 0.25) is 0 Å². The molecule has 0 aromatic carbocycles. The molecule has 0 aromatic heterocycles.